The summed E-state index contributed by atoms with van der Waals surface area (Å²) in [4.78, 5) is 15.9. The van der Waals surface area contributed by atoms with Crippen LogP contribution in [-0.4, -0.2) is 20.7 Å². The average Bonchev–Trinajstić information content (AvgIpc) is 2.82. The number of aromatic nitrogens is 3. The number of carbonyl (C=O) groups is 1. The Labute approximate surface area is 120 Å². The molecule has 0 aliphatic rings. The van der Waals surface area contributed by atoms with Crippen molar-refractivity contribution in [1.29, 1.82) is 0 Å². The zero-order valence-electron chi connectivity index (χ0n) is 11.1. The minimum Gasteiger partial charge on any atom is -0.352 e. The van der Waals surface area contributed by atoms with Crippen molar-refractivity contribution in [2.45, 2.75) is 26.8 Å². The Morgan fingerprint density at radius 3 is 2.84 bits per heavy atom. The number of H-pyrrole nitrogens is 1. The van der Waals surface area contributed by atoms with Crippen molar-refractivity contribution in [3.8, 4) is 0 Å². The molecule has 0 aliphatic carbocycles. The van der Waals surface area contributed by atoms with Crippen LogP contribution in [0.25, 0.3) is 0 Å². The second-order valence-electron chi connectivity index (χ2n) is 4.40. The lowest BCUT2D eigenvalue weighted by molar-refractivity contribution is -0.120. The summed E-state index contributed by atoms with van der Waals surface area (Å²) in [5.41, 5.74) is 3.07. The molecule has 5 nitrogen and oxygen atoms in total. The number of nitrogens with one attached hydrogen (secondary N) is 2. The van der Waals surface area contributed by atoms with Crippen LogP contribution in [0.1, 0.15) is 21.8 Å². The number of hydrogen-bond acceptors (Lipinski definition) is 4. The van der Waals surface area contributed by atoms with Gasteiger partial charge in [0.1, 0.15) is 0 Å². The summed E-state index contributed by atoms with van der Waals surface area (Å²) in [6.45, 7) is 4.42. The van der Waals surface area contributed by atoms with Gasteiger partial charge in [0.15, 0.2) is 3.95 Å². The lowest BCUT2D eigenvalue weighted by atomic mass is 10.2. The normalized spacial score (nSPS) is 10.7. The Balaban J connectivity index is 1.94. The molecule has 2 heterocycles. The summed E-state index contributed by atoms with van der Waals surface area (Å²) in [5.74, 6) is -0.00315. The Hall–Kier alpha value is -1.47. The molecular formula is C12H16N4OS2. The first-order valence-electron chi connectivity index (χ1n) is 5.90. The number of rotatable bonds is 4. The van der Waals surface area contributed by atoms with E-state index < -0.39 is 0 Å². The summed E-state index contributed by atoms with van der Waals surface area (Å²) < 4.78 is 2.51. The van der Waals surface area contributed by atoms with E-state index in [0.717, 1.165) is 21.8 Å². The summed E-state index contributed by atoms with van der Waals surface area (Å²) >= 11 is 6.51. The molecule has 0 fully saturated rings. The standard InChI is InChI=1S/C12H16N4OS2/c1-7-10(19-12(18)15-7)4-11(17)13-5-9-6-14-16(3)8(9)2/h6H,4-5H2,1-3H3,(H,13,17)(H,15,18). The number of nitrogens with zero attached hydrogens (tertiary/aromatic N) is 2. The lowest BCUT2D eigenvalue weighted by Crippen LogP contribution is -2.24. The second-order valence-corrected chi connectivity index (χ2v) is 6.17. The van der Waals surface area contributed by atoms with Crippen molar-refractivity contribution >= 4 is 29.5 Å². The smallest absolute Gasteiger partial charge is 0.225 e. The van der Waals surface area contributed by atoms with Gasteiger partial charge >= 0.3 is 0 Å². The number of aromatic amines is 1. The molecule has 0 unspecified atom stereocenters. The Bertz CT molecular complexity index is 653. The van der Waals surface area contributed by atoms with E-state index >= 15 is 0 Å². The maximum Gasteiger partial charge on any atom is 0.225 e. The van der Waals surface area contributed by atoms with Crippen LogP contribution < -0.4 is 5.32 Å². The lowest BCUT2D eigenvalue weighted by Gasteiger charge is -2.04. The van der Waals surface area contributed by atoms with Crippen LogP contribution in [-0.2, 0) is 24.8 Å². The molecule has 0 aliphatic heterocycles. The largest absolute Gasteiger partial charge is 0.352 e. The van der Waals surface area contributed by atoms with Crippen molar-refractivity contribution in [2.24, 2.45) is 7.05 Å². The Morgan fingerprint density at radius 1 is 1.58 bits per heavy atom. The van der Waals surface area contributed by atoms with Gasteiger partial charge in [0, 0.05) is 35.4 Å². The molecule has 7 heteroatoms. The fourth-order valence-corrected chi connectivity index (χ4v) is 3.02. The quantitative estimate of drug-likeness (QED) is 0.849. The molecule has 0 spiro atoms. The van der Waals surface area contributed by atoms with Crippen LogP contribution in [0, 0.1) is 17.8 Å². The molecule has 102 valence electrons. The van der Waals surface area contributed by atoms with Gasteiger partial charge in [-0.1, -0.05) is 0 Å². The molecule has 2 aromatic rings. The molecule has 2 aromatic heterocycles. The zero-order chi connectivity index (χ0) is 14.0. The highest BCUT2D eigenvalue weighted by Crippen LogP contribution is 2.15. The maximum atomic E-state index is 11.9. The summed E-state index contributed by atoms with van der Waals surface area (Å²) in [5, 5.41) is 7.05. The molecule has 0 saturated heterocycles. The minimum absolute atomic E-state index is 0.00315. The highest BCUT2D eigenvalue weighted by molar-refractivity contribution is 7.73. The highest BCUT2D eigenvalue weighted by atomic mass is 32.1. The molecule has 2 rings (SSSR count). The van der Waals surface area contributed by atoms with Crippen molar-refractivity contribution in [1.82, 2.24) is 20.1 Å². The molecule has 0 saturated carbocycles. The van der Waals surface area contributed by atoms with Crippen molar-refractivity contribution in [3.63, 3.8) is 0 Å². The van der Waals surface area contributed by atoms with Gasteiger partial charge in [0.2, 0.25) is 5.91 Å². The summed E-state index contributed by atoms with van der Waals surface area (Å²) in [6.07, 6.45) is 2.14. The highest BCUT2D eigenvalue weighted by Gasteiger charge is 2.10. The SMILES string of the molecule is Cc1[nH]c(=S)sc1CC(=O)NCc1cnn(C)c1C. The van der Waals surface area contributed by atoms with E-state index in [1.807, 2.05) is 20.9 Å². The predicted molar refractivity (Wildman–Crippen MR) is 77.7 cm³/mol. The van der Waals surface area contributed by atoms with Gasteiger partial charge in [-0.15, -0.1) is 11.3 Å². The van der Waals surface area contributed by atoms with Gasteiger partial charge < -0.3 is 10.3 Å². The fraction of sp³-hybridized carbons (Fsp3) is 0.417. The third-order valence-electron chi connectivity index (χ3n) is 3.06. The van der Waals surface area contributed by atoms with Gasteiger partial charge in [-0.3, -0.25) is 9.48 Å². The van der Waals surface area contributed by atoms with Crippen LogP contribution in [0.15, 0.2) is 6.20 Å². The topological polar surface area (TPSA) is 62.7 Å². The summed E-state index contributed by atoms with van der Waals surface area (Å²) in [6, 6.07) is 0. The van der Waals surface area contributed by atoms with Crippen molar-refractivity contribution in [2.75, 3.05) is 0 Å². The zero-order valence-corrected chi connectivity index (χ0v) is 12.7. The monoisotopic (exact) mass is 296 g/mol. The average molecular weight is 296 g/mol. The molecule has 2 N–H and O–H groups in total. The molecular weight excluding hydrogens is 280 g/mol. The van der Waals surface area contributed by atoms with Gasteiger partial charge in [-0.2, -0.15) is 5.10 Å². The van der Waals surface area contributed by atoms with E-state index in [-0.39, 0.29) is 5.91 Å². The molecule has 19 heavy (non-hydrogen) atoms. The second kappa shape index (κ2) is 5.66. The maximum absolute atomic E-state index is 11.9. The number of amides is 1. The van der Waals surface area contributed by atoms with Crippen LogP contribution in [0.4, 0.5) is 0 Å². The van der Waals surface area contributed by atoms with E-state index in [9.17, 15) is 4.79 Å². The molecule has 0 radical (unpaired) electrons. The molecule has 0 atom stereocenters. The van der Waals surface area contributed by atoms with Crippen molar-refractivity contribution < 1.29 is 4.79 Å². The molecule has 1 amide bonds. The van der Waals surface area contributed by atoms with E-state index in [4.69, 9.17) is 12.2 Å². The van der Waals surface area contributed by atoms with E-state index in [1.165, 1.54) is 11.3 Å². The number of aryl methyl sites for hydroxylation is 2. The summed E-state index contributed by atoms with van der Waals surface area (Å²) in [7, 11) is 1.89. The molecule has 0 bridgehead atoms. The van der Waals surface area contributed by atoms with Gasteiger partial charge in [-0.25, -0.2) is 0 Å². The van der Waals surface area contributed by atoms with Crippen LogP contribution in [0.5, 0.6) is 0 Å². The van der Waals surface area contributed by atoms with Crippen LogP contribution in [0.3, 0.4) is 0 Å². The Kier molecular flexibility index (Phi) is 4.16. The van der Waals surface area contributed by atoms with E-state index in [1.54, 1.807) is 10.9 Å². The first-order chi connectivity index (χ1) is 8.97. The minimum atomic E-state index is -0.00315. The third kappa shape index (κ3) is 3.30. The number of thiazole rings is 1. The van der Waals surface area contributed by atoms with Gasteiger partial charge in [0.25, 0.3) is 0 Å². The number of carbonyl (C=O) groups excluding carboxylic acids is 1. The Morgan fingerprint density at radius 2 is 2.32 bits per heavy atom. The van der Waals surface area contributed by atoms with Gasteiger partial charge in [-0.05, 0) is 26.1 Å². The fourth-order valence-electron chi connectivity index (χ4n) is 1.73. The first kappa shape index (κ1) is 14.0. The first-order valence-corrected chi connectivity index (χ1v) is 7.12. The number of hydrogen-bond donors (Lipinski definition) is 2. The third-order valence-corrected chi connectivity index (χ3v) is 4.39. The predicted octanol–water partition coefficient (Wildman–Crippen LogP) is 2.01. The van der Waals surface area contributed by atoms with Crippen molar-refractivity contribution in [3.05, 3.63) is 32.0 Å². The van der Waals surface area contributed by atoms with E-state index in [2.05, 4.69) is 15.4 Å². The van der Waals surface area contributed by atoms with Crippen LogP contribution in [0.2, 0.25) is 0 Å². The van der Waals surface area contributed by atoms with Crippen LogP contribution >= 0.6 is 23.6 Å². The molecule has 0 aromatic carbocycles. The van der Waals surface area contributed by atoms with Gasteiger partial charge in [0.05, 0.1) is 12.6 Å². The van der Waals surface area contributed by atoms with E-state index in [0.29, 0.717) is 16.9 Å².